The van der Waals surface area contributed by atoms with Gasteiger partial charge in [0.15, 0.2) is 4.47 Å². The molecule has 96 valence electrons. The van der Waals surface area contributed by atoms with Gasteiger partial charge in [0, 0.05) is 36.8 Å². The first-order valence-electron chi connectivity index (χ1n) is 6.29. The summed E-state index contributed by atoms with van der Waals surface area (Å²) in [6.45, 7) is 10.2. The van der Waals surface area contributed by atoms with E-state index in [1.54, 1.807) is 11.3 Å². The van der Waals surface area contributed by atoms with Crippen molar-refractivity contribution in [3.05, 3.63) is 15.5 Å². The lowest BCUT2D eigenvalue weighted by molar-refractivity contribution is 0.209. The Morgan fingerprint density at radius 3 is 2.88 bits per heavy atom. The number of likely N-dealkylation sites (N-methyl/N-ethyl adjacent to an activating group) is 1. The van der Waals surface area contributed by atoms with E-state index in [0.29, 0.717) is 4.47 Å². The van der Waals surface area contributed by atoms with Crippen molar-refractivity contribution in [1.29, 1.82) is 0 Å². The Labute approximate surface area is 112 Å². The number of likely N-dealkylation sites (tertiary alicyclic amines) is 1. The second kappa shape index (κ2) is 6.14. The van der Waals surface area contributed by atoms with Crippen LogP contribution < -0.4 is 0 Å². The Kier molecular flexibility index (Phi) is 4.79. The lowest BCUT2D eigenvalue weighted by atomic mass is 10.2. The van der Waals surface area contributed by atoms with Crippen molar-refractivity contribution < 1.29 is 0 Å². The van der Waals surface area contributed by atoms with E-state index in [9.17, 15) is 0 Å². The first-order valence-corrected chi connectivity index (χ1v) is 7.49. The van der Waals surface area contributed by atoms with E-state index in [0.717, 1.165) is 25.7 Å². The molecule has 17 heavy (non-hydrogen) atoms. The highest BCUT2D eigenvalue weighted by atomic mass is 35.5. The van der Waals surface area contributed by atoms with E-state index in [4.69, 9.17) is 11.6 Å². The molecule has 0 spiro atoms. The van der Waals surface area contributed by atoms with Crippen LogP contribution in [0.5, 0.6) is 0 Å². The molecule has 0 amide bonds. The minimum absolute atomic E-state index is 0.652. The van der Waals surface area contributed by atoms with Crippen LogP contribution in [0.4, 0.5) is 0 Å². The fourth-order valence-electron chi connectivity index (χ4n) is 2.57. The lowest BCUT2D eigenvalue weighted by Gasteiger charge is -2.26. The monoisotopic (exact) mass is 273 g/mol. The van der Waals surface area contributed by atoms with Crippen molar-refractivity contribution in [3.63, 3.8) is 0 Å². The summed E-state index contributed by atoms with van der Waals surface area (Å²) in [5, 5.41) is 0. The van der Waals surface area contributed by atoms with Gasteiger partial charge in [0.1, 0.15) is 0 Å². The second-order valence-electron chi connectivity index (χ2n) is 4.48. The van der Waals surface area contributed by atoms with E-state index in [-0.39, 0.29) is 0 Å². The molecule has 2 rings (SSSR count). The SMILES string of the molecule is CCN(CC)C1CCN(Cc2cnc(Cl)s2)C1. The van der Waals surface area contributed by atoms with Crippen LogP contribution in [0.25, 0.3) is 0 Å². The van der Waals surface area contributed by atoms with Crippen LogP contribution >= 0.6 is 22.9 Å². The van der Waals surface area contributed by atoms with Crippen LogP contribution in [0, 0.1) is 0 Å². The molecule has 1 saturated heterocycles. The highest BCUT2D eigenvalue weighted by Crippen LogP contribution is 2.22. The summed E-state index contributed by atoms with van der Waals surface area (Å²) < 4.78 is 0.652. The summed E-state index contributed by atoms with van der Waals surface area (Å²) in [5.41, 5.74) is 0. The highest BCUT2D eigenvalue weighted by molar-refractivity contribution is 7.15. The number of nitrogens with zero attached hydrogens (tertiary/aromatic N) is 3. The van der Waals surface area contributed by atoms with E-state index in [2.05, 4.69) is 28.6 Å². The molecule has 1 aromatic rings. The zero-order chi connectivity index (χ0) is 12.3. The van der Waals surface area contributed by atoms with Crippen molar-refractivity contribution in [2.24, 2.45) is 0 Å². The molecular formula is C12H20ClN3S. The largest absolute Gasteiger partial charge is 0.300 e. The van der Waals surface area contributed by atoms with Gasteiger partial charge in [0.25, 0.3) is 0 Å². The average molecular weight is 274 g/mol. The lowest BCUT2D eigenvalue weighted by Crippen LogP contribution is -2.37. The van der Waals surface area contributed by atoms with Crippen LogP contribution in [0.15, 0.2) is 6.20 Å². The van der Waals surface area contributed by atoms with Crippen LogP contribution in [0.1, 0.15) is 25.1 Å². The van der Waals surface area contributed by atoms with Gasteiger partial charge in [-0.2, -0.15) is 0 Å². The molecule has 1 aliphatic rings. The van der Waals surface area contributed by atoms with Gasteiger partial charge in [0.05, 0.1) is 0 Å². The van der Waals surface area contributed by atoms with Crippen LogP contribution in [-0.2, 0) is 6.54 Å². The molecule has 1 atom stereocenters. The molecule has 0 aliphatic carbocycles. The Balaban J connectivity index is 1.85. The molecule has 5 heteroatoms. The van der Waals surface area contributed by atoms with Gasteiger partial charge in [-0.15, -0.1) is 11.3 Å². The zero-order valence-corrected chi connectivity index (χ0v) is 12.1. The van der Waals surface area contributed by atoms with Crippen molar-refractivity contribution in [2.75, 3.05) is 26.2 Å². The zero-order valence-electron chi connectivity index (χ0n) is 10.5. The first-order chi connectivity index (χ1) is 8.22. The topological polar surface area (TPSA) is 19.4 Å². The molecule has 0 radical (unpaired) electrons. The van der Waals surface area contributed by atoms with Crippen molar-refractivity contribution in [3.8, 4) is 0 Å². The minimum Gasteiger partial charge on any atom is -0.300 e. The second-order valence-corrected chi connectivity index (χ2v) is 6.18. The van der Waals surface area contributed by atoms with Gasteiger partial charge in [-0.1, -0.05) is 25.4 Å². The van der Waals surface area contributed by atoms with Gasteiger partial charge in [-0.3, -0.25) is 9.80 Å². The molecule has 0 aromatic carbocycles. The molecule has 2 heterocycles. The molecule has 1 unspecified atom stereocenters. The van der Waals surface area contributed by atoms with Gasteiger partial charge in [0.2, 0.25) is 0 Å². The van der Waals surface area contributed by atoms with Crippen LogP contribution in [0.3, 0.4) is 0 Å². The highest BCUT2D eigenvalue weighted by Gasteiger charge is 2.26. The molecule has 0 bridgehead atoms. The smallest absolute Gasteiger partial charge is 0.183 e. The predicted octanol–water partition coefficient (Wildman–Crippen LogP) is 2.71. The maximum atomic E-state index is 5.85. The maximum absolute atomic E-state index is 5.85. The van der Waals surface area contributed by atoms with Gasteiger partial charge in [-0.25, -0.2) is 4.98 Å². The molecule has 1 fully saturated rings. The molecular weight excluding hydrogens is 254 g/mol. The summed E-state index contributed by atoms with van der Waals surface area (Å²) >= 11 is 7.45. The van der Waals surface area contributed by atoms with E-state index in [1.165, 1.54) is 24.4 Å². The fourth-order valence-corrected chi connectivity index (χ4v) is 3.59. The third kappa shape index (κ3) is 3.41. The third-order valence-electron chi connectivity index (χ3n) is 3.48. The Hall–Kier alpha value is -0.160. The van der Waals surface area contributed by atoms with Crippen molar-refractivity contribution in [1.82, 2.24) is 14.8 Å². The fraction of sp³-hybridized carbons (Fsp3) is 0.750. The van der Waals surface area contributed by atoms with Crippen molar-refractivity contribution >= 4 is 22.9 Å². The predicted molar refractivity (Wildman–Crippen MR) is 73.7 cm³/mol. The van der Waals surface area contributed by atoms with E-state index in [1.807, 2.05) is 6.20 Å². The normalized spacial score (nSPS) is 21.5. The van der Waals surface area contributed by atoms with Crippen LogP contribution in [-0.4, -0.2) is 47.0 Å². The number of hydrogen-bond donors (Lipinski definition) is 0. The number of aromatic nitrogens is 1. The van der Waals surface area contributed by atoms with E-state index < -0.39 is 0 Å². The van der Waals surface area contributed by atoms with Crippen molar-refractivity contribution in [2.45, 2.75) is 32.9 Å². The molecule has 1 aromatic heterocycles. The number of hydrogen-bond acceptors (Lipinski definition) is 4. The number of rotatable bonds is 5. The third-order valence-corrected chi connectivity index (χ3v) is 4.58. The Bertz CT molecular complexity index is 351. The molecule has 3 nitrogen and oxygen atoms in total. The number of halogens is 1. The summed E-state index contributed by atoms with van der Waals surface area (Å²) in [4.78, 5) is 10.4. The molecule has 0 saturated carbocycles. The Morgan fingerprint density at radius 1 is 1.53 bits per heavy atom. The Morgan fingerprint density at radius 2 is 2.29 bits per heavy atom. The minimum atomic E-state index is 0.652. The standard InChI is InChI=1S/C12H20ClN3S/c1-3-16(4-2)10-5-6-15(8-10)9-11-7-14-12(13)17-11/h7,10H,3-6,8-9H2,1-2H3. The van der Waals surface area contributed by atoms with Crippen LogP contribution in [0.2, 0.25) is 4.47 Å². The van der Waals surface area contributed by atoms with Gasteiger partial charge < -0.3 is 0 Å². The molecule has 1 aliphatic heterocycles. The summed E-state index contributed by atoms with van der Waals surface area (Å²) in [6.07, 6.45) is 3.19. The first kappa shape index (κ1) is 13.3. The average Bonchev–Trinajstić information content (AvgIpc) is 2.91. The van der Waals surface area contributed by atoms with Gasteiger partial charge in [-0.05, 0) is 19.5 Å². The summed E-state index contributed by atoms with van der Waals surface area (Å²) in [5.74, 6) is 0. The van der Waals surface area contributed by atoms with Gasteiger partial charge >= 0.3 is 0 Å². The number of thiazole rings is 1. The maximum Gasteiger partial charge on any atom is 0.183 e. The summed E-state index contributed by atoms with van der Waals surface area (Å²) in [7, 11) is 0. The van der Waals surface area contributed by atoms with E-state index >= 15 is 0 Å². The molecule has 0 N–H and O–H groups in total. The quantitative estimate of drug-likeness (QED) is 0.822. The summed E-state index contributed by atoms with van der Waals surface area (Å²) in [6, 6.07) is 0.730.